The van der Waals surface area contributed by atoms with Crippen LogP contribution in [-0.4, -0.2) is 30.6 Å². The minimum absolute atomic E-state index is 0.0269. The second kappa shape index (κ2) is 6.05. The molecule has 0 saturated carbocycles. The fraction of sp³-hybridized carbons (Fsp3) is 0.467. The summed E-state index contributed by atoms with van der Waals surface area (Å²) in [5, 5.41) is 5.52. The van der Waals surface area contributed by atoms with E-state index in [4.69, 9.17) is 4.74 Å². The van der Waals surface area contributed by atoms with Crippen molar-refractivity contribution in [3.05, 3.63) is 29.8 Å². The molecule has 1 aliphatic heterocycles. The van der Waals surface area contributed by atoms with E-state index >= 15 is 0 Å². The highest BCUT2D eigenvalue weighted by Crippen LogP contribution is 2.23. The number of rotatable bonds is 4. The topological polar surface area (TPSA) is 67.4 Å². The molecule has 1 atom stereocenters. The quantitative estimate of drug-likeness (QED) is 0.831. The molecule has 1 fully saturated rings. The molecule has 0 spiro atoms. The van der Waals surface area contributed by atoms with Crippen LogP contribution in [0.3, 0.4) is 0 Å². The van der Waals surface area contributed by atoms with Gasteiger partial charge in [-0.05, 0) is 38.8 Å². The number of amides is 2. The van der Waals surface area contributed by atoms with Crippen LogP contribution >= 0.6 is 0 Å². The van der Waals surface area contributed by atoms with Crippen molar-refractivity contribution >= 4 is 17.5 Å². The van der Waals surface area contributed by atoms with E-state index in [-0.39, 0.29) is 17.4 Å². The van der Waals surface area contributed by atoms with Crippen LogP contribution in [0.1, 0.15) is 37.0 Å². The number of carbonyl (C=O) groups is 2. The van der Waals surface area contributed by atoms with Gasteiger partial charge in [0, 0.05) is 24.4 Å². The maximum Gasteiger partial charge on any atom is 0.319 e. The van der Waals surface area contributed by atoms with Crippen LogP contribution in [0.2, 0.25) is 0 Å². The lowest BCUT2D eigenvalue weighted by Gasteiger charge is -2.23. The van der Waals surface area contributed by atoms with Crippen molar-refractivity contribution in [3.63, 3.8) is 0 Å². The van der Waals surface area contributed by atoms with Gasteiger partial charge in [-0.1, -0.05) is 12.1 Å². The number of hydrogen-bond donors (Lipinski definition) is 2. The lowest BCUT2D eigenvalue weighted by atomic mass is 10.0. The van der Waals surface area contributed by atoms with Gasteiger partial charge in [-0.25, -0.2) is 4.79 Å². The Hall–Kier alpha value is -1.88. The third-order valence-electron chi connectivity index (χ3n) is 3.45. The fourth-order valence-electron chi connectivity index (χ4n) is 2.23. The van der Waals surface area contributed by atoms with Gasteiger partial charge < -0.3 is 15.4 Å². The molecule has 1 aromatic carbocycles. The normalized spacial score (nSPS) is 21.5. The lowest BCUT2D eigenvalue weighted by Crippen LogP contribution is -2.41. The highest BCUT2D eigenvalue weighted by molar-refractivity contribution is 5.96. The summed E-state index contributed by atoms with van der Waals surface area (Å²) in [6.45, 7) is 4.72. The predicted octanol–water partition coefficient (Wildman–Crippen LogP) is 2.58. The summed E-state index contributed by atoms with van der Waals surface area (Å²) in [5.74, 6) is -0.0269. The molecular formula is C15H20N2O3. The maximum atomic E-state index is 11.8. The highest BCUT2D eigenvalue weighted by Gasteiger charge is 2.29. The van der Waals surface area contributed by atoms with E-state index in [0.29, 0.717) is 17.8 Å². The van der Waals surface area contributed by atoms with E-state index in [1.165, 1.54) is 6.92 Å². The molecule has 1 aliphatic rings. The van der Waals surface area contributed by atoms with Gasteiger partial charge in [-0.2, -0.15) is 0 Å². The first-order valence-electron chi connectivity index (χ1n) is 6.78. The Morgan fingerprint density at radius 2 is 2.20 bits per heavy atom. The number of urea groups is 1. The summed E-state index contributed by atoms with van der Waals surface area (Å²) >= 11 is 0. The van der Waals surface area contributed by atoms with Crippen molar-refractivity contribution in [3.8, 4) is 0 Å². The van der Waals surface area contributed by atoms with E-state index in [2.05, 4.69) is 10.6 Å². The van der Waals surface area contributed by atoms with Gasteiger partial charge in [0.05, 0.1) is 5.60 Å². The number of anilines is 1. The molecule has 5 heteroatoms. The summed E-state index contributed by atoms with van der Waals surface area (Å²) in [4.78, 5) is 23.1. The second-order valence-electron chi connectivity index (χ2n) is 5.35. The van der Waals surface area contributed by atoms with E-state index in [0.717, 1.165) is 19.4 Å². The fourth-order valence-corrected chi connectivity index (χ4v) is 2.23. The van der Waals surface area contributed by atoms with Crippen LogP contribution in [0.4, 0.5) is 10.5 Å². The lowest BCUT2D eigenvalue weighted by molar-refractivity contribution is 0.0232. The van der Waals surface area contributed by atoms with Gasteiger partial charge in [0.25, 0.3) is 0 Å². The second-order valence-corrected chi connectivity index (χ2v) is 5.35. The van der Waals surface area contributed by atoms with E-state index in [1.54, 1.807) is 24.3 Å². The zero-order chi connectivity index (χ0) is 14.6. The van der Waals surface area contributed by atoms with Crippen LogP contribution in [0, 0.1) is 0 Å². The Morgan fingerprint density at radius 1 is 1.40 bits per heavy atom. The van der Waals surface area contributed by atoms with Crippen LogP contribution in [0.15, 0.2) is 24.3 Å². The first-order chi connectivity index (χ1) is 9.48. The van der Waals surface area contributed by atoms with Crippen LogP contribution in [-0.2, 0) is 4.74 Å². The first kappa shape index (κ1) is 14.5. The Bertz CT molecular complexity index is 508. The van der Waals surface area contributed by atoms with Gasteiger partial charge in [-0.3, -0.25) is 4.79 Å². The molecule has 0 aliphatic carbocycles. The summed E-state index contributed by atoms with van der Waals surface area (Å²) in [5.41, 5.74) is 0.917. The molecule has 2 rings (SSSR count). The molecule has 1 heterocycles. The third kappa shape index (κ3) is 3.81. The van der Waals surface area contributed by atoms with E-state index in [1.807, 2.05) is 6.92 Å². The average Bonchev–Trinajstić information content (AvgIpc) is 2.84. The number of Topliss-reactive ketones (excluding diaryl/α,β-unsaturated/α-hetero) is 1. The molecule has 2 amide bonds. The molecular weight excluding hydrogens is 256 g/mol. The maximum absolute atomic E-state index is 11.8. The molecule has 1 saturated heterocycles. The largest absolute Gasteiger partial charge is 0.373 e. The predicted molar refractivity (Wildman–Crippen MR) is 77.1 cm³/mol. The van der Waals surface area contributed by atoms with Gasteiger partial charge >= 0.3 is 6.03 Å². The molecule has 1 unspecified atom stereocenters. The standard InChI is InChI=1S/C15H20N2O3/c1-11(18)12-5-3-6-13(9-12)17-14(19)16-10-15(2)7-4-8-20-15/h3,5-6,9H,4,7-8,10H2,1-2H3,(H2,16,17,19). The van der Waals surface area contributed by atoms with Crippen molar-refractivity contribution in [2.24, 2.45) is 0 Å². The number of carbonyl (C=O) groups excluding carboxylic acids is 2. The summed E-state index contributed by atoms with van der Waals surface area (Å²) in [6, 6.07) is 6.59. The molecule has 1 aromatic rings. The Morgan fingerprint density at radius 3 is 2.85 bits per heavy atom. The Labute approximate surface area is 118 Å². The van der Waals surface area contributed by atoms with Crippen molar-refractivity contribution in [2.75, 3.05) is 18.5 Å². The summed E-state index contributed by atoms with van der Waals surface area (Å²) in [6.07, 6.45) is 1.98. The number of hydrogen-bond acceptors (Lipinski definition) is 3. The smallest absolute Gasteiger partial charge is 0.319 e. The van der Waals surface area contributed by atoms with Gasteiger partial charge in [0.15, 0.2) is 5.78 Å². The van der Waals surface area contributed by atoms with Gasteiger partial charge in [0.2, 0.25) is 0 Å². The highest BCUT2D eigenvalue weighted by atomic mass is 16.5. The van der Waals surface area contributed by atoms with Crippen LogP contribution < -0.4 is 10.6 Å². The summed E-state index contributed by atoms with van der Waals surface area (Å²) < 4.78 is 5.60. The molecule has 0 bridgehead atoms. The molecule has 0 aromatic heterocycles. The van der Waals surface area contributed by atoms with E-state index in [9.17, 15) is 9.59 Å². The first-order valence-corrected chi connectivity index (χ1v) is 6.78. The zero-order valence-electron chi connectivity index (χ0n) is 11.9. The number of nitrogens with one attached hydrogen (secondary N) is 2. The number of ketones is 1. The van der Waals surface area contributed by atoms with Crippen molar-refractivity contribution in [1.29, 1.82) is 0 Å². The van der Waals surface area contributed by atoms with Crippen LogP contribution in [0.25, 0.3) is 0 Å². The molecule has 20 heavy (non-hydrogen) atoms. The molecule has 2 N–H and O–H groups in total. The number of ether oxygens (including phenoxy) is 1. The number of benzene rings is 1. The average molecular weight is 276 g/mol. The Kier molecular flexibility index (Phi) is 4.39. The minimum atomic E-state index is -0.289. The zero-order valence-corrected chi connectivity index (χ0v) is 11.9. The molecule has 108 valence electrons. The van der Waals surface area contributed by atoms with Crippen LogP contribution in [0.5, 0.6) is 0 Å². The molecule has 5 nitrogen and oxygen atoms in total. The van der Waals surface area contributed by atoms with Crippen molar-refractivity contribution in [1.82, 2.24) is 5.32 Å². The van der Waals surface area contributed by atoms with E-state index < -0.39 is 0 Å². The monoisotopic (exact) mass is 276 g/mol. The van der Waals surface area contributed by atoms with Gasteiger partial charge in [0.1, 0.15) is 0 Å². The summed E-state index contributed by atoms with van der Waals surface area (Å²) in [7, 11) is 0. The SMILES string of the molecule is CC(=O)c1cccc(NC(=O)NCC2(C)CCCO2)c1. The minimum Gasteiger partial charge on any atom is -0.373 e. The van der Waals surface area contributed by atoms with Crippen molar-refractivity contribution in [2.45, 2.75) is 32.3 Å². The third-order valence-corrected chi connectivity index (χ3v) is 3.45. The molecule has 0 radical (unpaired) electrons. The Balaban J connectivity index is 1.88. The van der Waals surface area contributed by atoms with Gasteiger partial charge in [-0.15, -0.1) is 0 Å². The van der Waals surface area contributed by atoms with Crippen molar-refractivity contribution < 1.29 is 14.3 Å².